The van der Waals surface area contributed by atoms with Crippen LogP contribution in [0.15, 0.2) is 84.5 Å². The second-order valence-electron chi connectivity index (χ2n) is 5.71. The summed E-state index contributed by atoms with van der Waals surface area (Å²) in [6.45, 7) is 4.59. The van der Waals surface area contributed by atoms with Crippen molar-refractivity contribution in [2.24, 2.45) is 5.92 Å². The zero-order valence-corrected chi connectivity index (χ0v) is 12.1. The maximum absolute atomic E-state index is 2.36. The molecule has 0 saturated carbocycles. The number of allylic oxidation sites excluding steroid dienone is 4. The molecular formula is C20H20. The fourth-order valence-corrected chi connectivity index (χ4v) is 3.32. The van der Waals surface area contributed by atoms with E-state index in [2.05, 4.69) is 92.7 Å². The van der Waals surface area contributed by atoms with Gasteiger partial charge in [0.15, 0.2) is 0 Å². The number of hydrogen-bond donors (Lipinski definition) is 0. The number of rotatable bonds is 3. The maximum atomic E-state index is 2.36. The summed E-state index contributed by atoms with van der Waals surface area (Å²) in [5.74, 6) is 0.423. The van der Waals surface area contributed by atoms with Gasteiger partial charge in [-0.2, -0.15) is 0 Å². The summed E-state index contributed by atoms with van der Waals surface area (Å²) in [6, 6.07) is 21.7. The molecule has 0 saturated heterocycles. The molecular weight excluding hydrogens is 240 g/mol. The van der Waals surface area contributed by atoms with Crippen molar-refractivity contribution in [2.45, 2.75) is 19.3 Å². The van der Waals surface area contributed by atoms with Gasteiger partial charge >= 0.3 is 0 Å². The van der Waals surface area contributed by atoms with Crippen LogP contribution in [0.4, 0.5) is 0 Å². The van der Waals surface area contributed by atoms with Crippen molar-refractivity contribution in [3.63, 3.8) is 0 Å². The first-order valence-corrected chi connectivity index (χ1v) is 7.19. The van der Waals surface area contributed by atoms with Crippen LogP contribution in [-0.2, 0) is 5.41 Å². The molecule has 0 bridgehead atoms. The smallest absolute Gasteiger partial charge is 0.0274 e. The average Bonchev–Trinajstić information content (AvgIpc) is 2.95. The summed E-state index contributed by atoms with van der Waals surface area (Å²) >= 11 is 0. The Kier molecular flexibility index (Phi) is 3.31. The summed E-state index contributed by atoms with van der Waals surface area (Å²) in [5, 5.41) is 0. The van der Waals surface area contributed by atoms with E-state index in [1.54, 1.807) is 0 Å². The van der Waals surface area contributed by atoms with Crippen LogP contribution in [-0.4, -0.2) is 0 Å². The van der Waals surface area contributed by atoms with Crippen LogP contribution in [0.1, 0.15) is 25.0 Å². The lowest BCUT2D eigenvalue weighted by molar-refractivity contribution is 0.469. The number of benzene rings is 2. The Balaban J connectivity index is 2.18. The third-order valence-corrected chi connectivity index (χ3v) is 4.52. The molecule has 100 valence electrons. The van der Waals surface area contributed by atoms with Crippen molar-refractivity contribution < 1.29 is 0 Å². The maximum Gasteiger partial charge on any atom is 0.0274 e. The molecule has 0 fully saturated rings. The van der Waals surface area contributed by atoms with Crippen LogP contribution in [0.2, 0.25) is 0 Å². The van der Waals surface area contributed by atoms with Gasteiger partial charge in [0.2, 0.25) is 0 Å². The van der Waals surface area contributed by atoms with Crippen molar-refractivity contribution in [3.05, 3.63) is 95.6 Å². The van der Waals surface area contributed by atoms with Crippen molar-refractivity contribution in [1.29, 1.82) is 0 Å². The Morgan fingerprint density at radius 3 is 1.70 bits per heavy atom. The highest BCUT2D eigenvalue weighted by Crippen LogP contribution is 2.44. The van der Waals surface area contributed by atoms with Gasteiger partial charge in [-0.1, -0.05) is 91.4 Å². The van der Waals surface area contributed by atoms with Gasteiger partial charge in [-0.25, -0.2) is 0 Å². The largest absolute Gasteiger partial charge is 0.0761 e. The SMILES string of the molecule is CC1=CC=CC1C(C)(c1ccccc1)c1ccccc1. The van der Waals surface area contributed by atoms with E-state index in [1.807, 2.05) is 0 Å². The highest BCUT2D eigenvalue weighted by atomic mass is 14.4. The molecule has 0 heteroatoms. The molecule has 0 N–H and O–H groups in total. The molecule has 0 nitrogen and oxygen atoms in total. The zero-order valence-electron chi connectivity index (χ0n) is 12.1. The summed E-state index contributed by atoms with van der Waals surface area (Å²) in [7, 11) is 0. The summed E-state index contributed by atoms with van der Waals surface area (Å²) in [5.41, 5.74) is 4.15. The number of hydrogen-bond acceptors (Lipinski definition) is 0. The standard InChI is InChI=1S/C20H20/c1-16-10-9-15-19(16)20(2,17-11-5-3-6-12-17)18-13-7-4-8-14-18/h3-15,19H,1-2H3. The summed E-state index contributed by atoms with van der Waals surface area (Å²) in [4.78, 5) is 0. The first-order chi connectivity index (χ1) is 9.73. The first-order valence-electron chi connectivity index (χ1n) is 7.19. The van der Waals surface area contributed by atoms with E-state index >= 15 is 0 Å². The molecule has 2 aromatic carbocycles. The highest BCUT2D eigenvalue weighted by molar-refractivity contribution is 5.46. The van der Waals surface area contributed by atoms with Gasteiger partial charge in [-0.15, -0.1) is 0 Å². The van der Waals surface area contributed by atoms with Crippen molar-refractivity contribution in [1.82, 2.24) is 0 Å². The topological polar surface area (TPSA) is 0 Å². The average molecular weight is 260 g/mol. The molecule has 0 heterocycles. The molecule has 1 aliphatic carbocycles. The predicted molar refractivity (Wildman–Crippen MR) is 85.7 cm³/mol. The van der Waals surface area contributed by atoms with Crippen LogP contribution < -0.4 is 0 Å². The Hall–Kier alpha value is -2.08. The fraction of sp³-hybridized carbons (Fsp3) is 0.200. The van der Waals surface area contributed by atoms with Crippen LogP contribution in [0, 0.1) is 5.92 Å². The summed E-state index contributed by atoms with van der Waals surface area (Å²) < 4.78 is 0. The van der Waals surface area contributed by atoms with E-state index < -0.39 is 0 Å². The third-order valence-electron chi connectivity index (χ3n) is 4.52. The Morgan fingerprint density at radius 1 is 0.800 bits per heavy atom. The molecule has 1 atom stereocenters. The van der Waals surface area contributed by atoms with Gasteiger partial charge in [-0.3, -0.25) is 0 Å². The quantitative estimate of drug-likeness (QED) is 0.718. The molecule has 0 aromatic heterocycles. The minimum absolute atomic E-state index is 0.0178. The minimum Gasteiger partial charge on any atom is -0.0761 e. The van der Waals surface area contributed by atoms with Crippen LogP contribution in [0.3, 0.4) is 0 Å². The third kappa shape index (κ3) is 2.02. The lowest BCUT2D eigenvalue weighted by Crippen LogP contribution is -2.32. The zero-order chi connectivity index (χ0) is 14.0. The van der Waals surface area contributed by atoms with Crippen molar-refractivity contribution in [3.8, 4) is 0 Å². The van der Waals surface area contributed by atoms with Crippen molar-refractivity contribution in [2.75, 3.05) is 0 Å². The van der Waals surface area contributed by atoms with Gasteiger partial charge in [-0.05, 0) is 18.1 Å². The lowest BCUT2D eigenvalue weighted by atomic mass is 9.66. The van der Waals surface area contributed by atoms with Crippen LogP contribution >= 0.6 is 0 Å². The molecule has 1 aliphatic rings. The lowest BCUT2D eigenvalue weighted by Gasteiger charge is -2.37. The Bertz CT molecular complexity index is 593. The first kappa shape index (κ1) is 12.9. The van der Waals surface area contributed by atoms with E-state index in [4.69, 9.17) is 0 Å². The van der Waals surface area contributed by atoms with E-state index in [9.17, 15) is 0 Å². The van der Waals surface area contributed by atoms with Gasteiger partial charge < -0.3 is 0 Å². The predicted octanol–water partition coefficient (Wildman–Crippen LogP) is 5.12. The molecule has 20 heavy (non-hydrogen) atoms. The summed E-state index contributed by atoms with van der Waals surface area (Å²) in [6.07, 6.45) is 6.74. The second kappa shape index (κ2) is 5.13. The molecule has 3 rings (SSSR count). The molecule has 1 unspecified atom stereocenters. The van der Waals surface area contributed by atoms with Crippen LogP contribution in [0.5, 0.6) is 0 Å². The molecule has 0 radical (unpaired) electrons. The van der Waals surface area contributed by atoms with Crippen molar-refractivity contribution >= 4 is 0 Å². The van der Waals surface area contributed by atoms with E-state index in [0.29, 0.717) is 5.92 Å². The normalized spacial score (nSPS) is 18.1. The van der Waals surface area contributed by atoms with Crippen LogP contribution in [0.25, 0.3) is 0 Å². The van der Waals surface area contributed by atoms with E-state index in [1.165, 1.54) is 16.7 Å². The minimum atomic E-state index is -0.0178. The van der Waals surface area contributed by atoms with Gasteiger partial charge in [0.1, 0.15) is 0 Å². The van der Waals surface area contributed by atoms with E-state index in [0.717, 1.165) is 0 Å². The monoisotopic (exact) mass is 260 g/mol. The molecule has 0 aliphatic heterocycles. The van der Waals surface area contributed by atoms with Gasteiger partial charge in [0.05, 0.1) is 0 Å². The van der Waals surface area contributed by atoms with Gasteiger partial charge in [0.25, 0.3) is 0 Å². The fourth-order valence-electron chi connectivity index (χ4n) is 3.32. The highest BCUT2D eigenvalue weighted by Gasteiger charge is 2.37. The Labute approximate surface area is 121 Å². The molecule has 0 spiro atoms. The van der Waals surface area contributed by atoms with E-state index in [-0.39, 0.29) is 5.41 Å². The molecule has 2 aromatic rings. The Morgan fingerprint density at radius 2 is 1.30 bits per heavy atom. The van der Waals surface area contributed by atoms with Gasteiger partial charge in [0, 0.05) is 11.3 Å². The molecule has 0 amide bonds. The second-order valence-corrected chi connectivity index (χ2v) is 5.71.